The number of aliphatic hydroxyl groups excluding tert-OH is 1. The van der Waals surface area contributed by atoms with E-state index >= 15 is 0 Å². The molecule has 0 saturated heterocycles. The van der Waals surface area contributed by atoms with Gasteiger partial charge in [0.2, 0.25) is 5.91 Å². The first kappa shape index (κ1) is 14.6. The van der Waals surface area contributed by atoms with E-state index in [4.69, 9.17) is 4.74 Å². The quantitative estimate of drug-likeness (QED) is 0.915. The minimum absolute atomic E-state index is 0.0333. The zero-order chi connectivity index (χ0) is 15.9. The molecule has 1 aliphatic heterocycles. The molecule has 0 saturated carbocycles. The summed E-state index contributed by atoms with van der Waals surface area (Å²) in [6.45, 7) is 3.84. The third kappa shape index (κ3) is 2.25. The van der Waals surface area contributed by atoms with Gasteiger partial charge >= 0.3 is 0 Å². The Morgan fingerprint density at radius 2 is 1.95 bits per heavy atom. The van der Waals surface area contributed by atoms with Crippen LogP contribution in [0.4, 0.5) is 5.69 Å². The van der Waals surface area contributed by atoms with E-state index in [-0.39, 0.29) is 11.8 Å². The molecule has 4 heteroatoms. The average molecular weight is 297 g/mol. The lowest BCUT2D eigenvalue weighted by Gasteiger charge is -2.18. The molecular formula is C18H19NO3. The van der Waals surface area contributed by atoms with Crippen LogP contribution in [-0.2, 0) is 4.79 Å². The summed E-state index contributed by atoms with van der Waals surface area (Å²) in [7, 11) is 1.58. The number of anilines is 1. The van der Waals surface area contributed by atoms with Gasteiger partial charge in [0.05, 0.1) is 18.7 Å². The number of para-hydroxylation sites is 1. The molecule has 4 nitrogen and oxygen atoms in total. The van der Waals surface area contributed by atoms with Gasteiger partial charge in [0.1, 0.15) is 11.9 Å². The Kier molecular flexibility index (Phi) is 3.62. The Balaban J connectivity index is 2.13. The van der Waals surface area contributed by atoms with Gasteiger partial charge in [0.15, 0.2) is 0 Å². The smallest absolute Gasteiger partial charge is 0.231 e. The number of carbonyl (C=O) groups is 1. The van der Waals surface area contributed by atoms with Crippen molar-refractivity contribution in [3.63, 3.8) is 0 Å². The summed E-state index contributed by atoms with van der Waals surface area (Å²) < 4.78 is 5.33. The van der Waals surface area contributed by atoms with Crippen molar-refractivity contribution >= 4 is 11.6 Å². The van der Waals surface area contributed by atoms with Crippen molar-refractivity contribution in [3.8, 4) is 5.75 Å². The molecule has 0 aromatic heterocycles. The second-order valence-electron chi connectivity index (χ2n) is 5.67. The fourth-order valence-electron chi connectivity index (χ4n) is 2.98. The number of hydrogen-bond acceptors (Lipinski definition) is 3. The van der Waals surface area contributed by atoms with Gasteiger partial charge in [0, 0.05) is 11.1 Å². The van der Waals surface area contributed by atoms with Gasteiger partial charge in [-0.05, 0) is 25.5 Å². The number of benzene rings is 2. The molecule has 1 heterocycles. The van der Waals surface area contributed by atoms with Crippen molar-refractivity contribution < 1.29 is 14.6 Å². The molecule has 0 fully saturated rings. The summed E-state index contributed by atoms with van der Waals surface area (Å²) in [5.41, 5.74) is 4.07. The summed E-state index contributed by atoms with van der Waals surface area (Å²) in [5.74, 6) is 0.398. The number of fused-ring (bicyclic) bond motifs is 1. The SMILES string of the molecule is COc1ccccc1C(O)c1cc(C)cc2c1NC(=O)C2C. The normalized spacial score (nSPS) is 17.8. The highest BCUT2D eigenvalue weighted by molar-refractivity contribution is 6.03. The molecule has 0 radical (unpaired) electrons. The average Bonchev–Trinajstić information content (AvgIpc) is 2.81. The molecule has 2 aromatic rings. The second kappa shape index (κ2) is 5.46. The van der Waals surface area contributed by atoms with Crippen molar-refractivity contribution in [1.82, 2.24) is 0 Å². The zero-order valence-electron chi connectivity index (χ0n) is 12.9. The number of rotatable bonds is 3. The molecule has 2 N–H and O–H groups in total. The lowest BCUT2D eigenvalue weighted by atomic mass is 9.92. The van der Waals surface area contributed by atoms with E-state index in [2.05, 4.69) is 5.32 Å². The molecule has 1 amide bonds. The Hall–Kier alpha value is -2.33. The van der Waals surface area contributed by atoms with E-state index in [1.807, 2.05) is 50.2 Å². The number of nitrogens with one attached hydrogen (secondary N) is 1. The largest absolute Gasteiger partial charge is 0.496 e. The van der Waals surface area contributed by atoms with Crippen molar-refractivity contribution in [1.29, 1.82) is 0 Å². The number of aliphatic hydroxyl groups is 1. The maximum Gasteiger partial charge on any atom is 0.231 e. The van der Waals surface area contributed by atoms with Crippen LogP contribution in [0.1, 0.15) is 41.2 Å². The van der Waals surface area contributed by atoms with E-state index in [0.29, 0.717) is 16.9 Å². The van der Waals surface area contributed by atoms with Crippen LogP contribution in [0.2, 0.25) is 0 Å². The molecule has 2 aromatic carbocycles. The molecular weight excluding hydrogens is 278 g/mol. The van der Waals surface area contributed by atoms with Crippen LogP contribution in [0.3, 0.4) is 0 Å². The fraction of sp³-hybridized carbons (Fsp3) is 0.278. The first-order valence-electron chi connectivity index (χ1n) is 7.29. The molecule has 1 aliphatic rings. The molecule has 2 unspecified atom stereocenters. The van der Waals surface area contributed by atoms with Gasteiger partial charge < -0.3 is 15.2 Å². The van der Waals surface area contributed by atoms with E-state index in [1.54, 1.807) is 7.11 Å². The Labute approximate surface area is 129 Å². The summed E-state index contributed by atoms with van der Waals surface area (Å²) in [6, 6.07) is 11.3. The van der Waals surface area contributed by atoms with E-state index in [1.165, 1.54) is 0 Å². The number of carbonyl (C=O) groups excluding carboxylic acids is 1. The summed E-state index contributed by atoms with van der Waals surface area (Å²) in [5, 5.41) is 13.7. The lowest BCUT2D eigenvalue weighted by Crippen LogP contribution is -2.10. The van der Waals surface area contributed by atoms with Gasteiger partial charge in [-0.15, -0.1) is 0 Å². The summed E-state index contributed by atoms with van der Waals surface area (Å²) >= 11 is 0. The molecule has 114 valence electrons. The van der Waals surface area contributed by atoms with Crippen LogP contribution < -0.4 is 10.1 Å². The van der Waals surface area contributed by atoms with Crippen molar-refractivity contribution in [2.45, 2.75) is 25.9 Å². The lowest BCUT2D eigenvalue weighted by molar-refractivity contribution is -0.116. The Morgan fingerprint density at radius 3 is 2.68 bits per heavy atom. The minimum atomic E-state index is -0.851. The second-order valence-corrected chi connectivity index (χ2v) is 5.67. The van der Waals surface area contributed by atoms with Crippen LogP contribution in [0, 0.1) is 6.92 Å². The maximum atomic E-state index is 12.0. The number of methoxy groups -OCH3 is 1. The first-order valence-corrected chi connectivity index (χ1v) is 7.29. The maximum absolute atomic E-state index is 12.0. The Bertz CT molecular complexity index is 739. The third-order valence-electron chi connectivity index (χ3n) is 4.18. The minimum Gasteiger partial charge on any atom is -0.496 e. The highest BCUT2D eigenvalue weighted by Gasteiger charge is 2.31. The van der Waals surface area contributed by atoms with E-state index in [0.717, 1.165) is 16.8 Å². The topological polar surface area (TPSA) is 58.6 Å². The zero-order valence-corrected chi connectivity index (χ0v) is 12.9. The molecule has 22 heavy (non-hydrogen) atoms. The standard InChI is InChI=1S/C18H19NO3/c1-10-8-13-11(2)18(21)19-16(13)14(9-10)17(20)12-6-4-5-7-15(12)22-3/h4-9,11,17,20H,1-3H3,(H,19,21). The summed E-state index contributed by atoms with van der Waals surface area (Å²) in [4.78, 5) is 12.0. The van der Waals surface area contributed by atoms with Gasteiger partial charge in [-0.1, -0.05) is 35.9 Å². The van der Waals surface area contributed by atoms with Crippen molar-refractivity contribution in [2.75, 3.05) is 12.4 Å². The van der Waals surface area contributed by atoms with Crippen LogP contribution in [0.5, 0.6) is 5.75 Å². The van der Waals surface area contributed by atoms with Crippen LogP contribution >= 0.6 is 0 Å². The predicted octanol–water partition coefficient (Wildman–Crippen LogP) is 3.14. The van der Waals surface area contributed by atoms with Gasteiger partial charge in [-0.3, -0.25) is 4.79 Å². The number of amides is 1. The van der Waals surface area contributed by atoms with Crippen LogP contribution in [0.25, 0.3) is 0 Å². The molecule has 0 aliphatic carbocycles. The molecule has 0 spiro atoms. The molecule has 0 bridgehead atoms. The summed E-state index contributed by atoms with van der Waals surface area (Å²) in [6.07, 6.45) is -0.851. The first-order chi connectivity index (χ1) is 10.5. The van der Waals surface area contributed by atoms with Gasteiger partial charge in [-0.2, -0.15) is 0 Å². The third-order valence-corrected chi connectivity index (χ3v) is 4.18. The van der Waals surface area contributed by atoms with Crippen LogP contribution in [0.15, 0.2) is 36.4 Å². The van der Waals surface area contributed by atoms with Gasteiger partial charge in [-0.25, -0.2) is 0 Å². The number of hydrogen-bond donors (Lipinski definition) is 2. The van der Waals surface area contributed by atoms with E-state index in [9.17, 15) is 9.90 Å². The Morgan fingerprint density at radius 1 is 1.23 bits per heavy atom. The van der Waals surface area contributed by atoms with E-state index < -0.39 is 6.10 Å². The predicted molar refractivity (Wildman–Crippen MR) is 85.3 cm³/mol. The van der Waals surface area contributed by atoms with Gasteiger partial charge in [0.25, 0.3) is 0 Å². The number of ether oxygens (including phenoxy) is 1. The van der Waals surface area contributed by atoms with Crippen molar-refractivity contribution in [3.05, 3.63) is 58.7 Å². The monoisotopic (exact) mass is 297 g/mol. The van der Waals surface area contributed by atoms with Crippen molar-refractivity contribution in [2.24, 2.45) is 0 Å². The fourth-order valence-corrected chi connectivity index (χ4v) is 2.98. The highest BCUT2D eigenvalue weighted by Crippen LogP contribution is 2.41. The van der Waals surface area contributed by atoms with Crippen LogP contribution in [-0.4, -0.2) is 18.1 Å². The highest BCUT2D eigenvalue weighted by atomic mass is 16.5. The molecule has 2 atom stereocenters. The number of aryl methyl sites for hydroxylation is 1. The molecule has 3 rings (SSSR count).